The van der Waals surface area contributed by atoms with E-state index in [4.69, 9.17) is 11.4 Å². The number of hydrogen-bond acceptors (Lipinski definition) is 6. The van der Waals surface area contributed by atoms with Gasteiger partial charge in [0.15, 0.2) is 12.0 Å². The highest BCUT2D eigenvalue weighted by atomic mass is 19.4. The van der Waals surface area contributed by atoms with E-state index in [1.807, 2.05) is 12.1 Å². The van der Waals surface area contributed by atoms with Crippen molar-refractivity contribution < 1.29 is 18.0 Å². The van der Waals surface area contributed by atoms with Gasteiger partial charge in [-0.3, -0.25) is 10.2 Å². The minimum atomic E-state index is -4.45. The third kappa shape index (κ3) is 4.24. The van der Waals surface area contributed by atoms with E-state index < -0.39 is 18.3 Å². The number of carbonyl (C=O) groups is 1. The molecule has 0 radical (unpaired) electrons. The van der Waals surface area contributed by atoms with Crippen molar-refractivity contribution in [3.8, 4) is 23.6 Å². The lowest BCUT2D eigenvalue weighted by Crippen LogP contribution is -2.48. The second-order valence-electron chi connectivity index (χ2n) is 9.09. The minimum absolute atomic E-state index is 0.0683. The molecule has 2 aromatic heterocycles. The molecule has 3 aromatic rings. The number of nitrogens with one attached hydrogen (secondary N) is 1. The van der Waals surface area contributed by atoms with Gasteiger partial charge in [0.1, 0.15) is 11.7 Å². The molecule has 0 aliphatic carbocycles. The molecule has 8 nitrogen and oxygen atoms in total. The van der Waals surface area contributed by atoms with Gasteiger partial charge in [-0.15, -0.1) is 6.42 Å². The summed E-state index contributed by atoms with van der Waals surface area (Å²) in [7, 11) is 0. The van der Waals surface area contributed by atoms with Gasteiger partial charge in [-0.2, -0.15) is 23.4 Å². The summed E-state index contributed by atoms with van der Waals surface area (Å²) in [5.74, 6) is 1.59. The van der Waals surface area contributed by atoms with Crippen LogP contribution in [0.1, 0.15) is 23.5 Å². The van der Waals surface area contributed by atoms with Crippen molar-refractivity contribution >= 4 is 23.4 Å². The quantitative estimate of drug-likeness (QED) is 0.497. The SMILES string of the molecule is C#Cc1ccc(NC(=O)N2c3nc(-c4ccc(C(C5N=N5)C(F)(F)F)cc4)ccc3N3CC[C@H]2C3)nc1. The summed E-state index contributed by atoms with van der Waals surface area (Å²) in [6, 6.07) is 12.7. The highest BCUT2D eigenvalue weighted by Crippen LogP contribution is 2.44. The molecule has 3 aliphatic heterocycles. The Labute approximate surface area is 210 Å². The maximum atomic E-state index is 13.5. The Morgan fingerprint density at radius 1 is 1.11 bits per heavy atom. The van der Waals surface area contributed by atoms with E-state index in [9.17, 15) is 18.0 Å². The van der Waals surface area contributed by atoms with Crippen LogP contribution in [0.4, 0.5) is 35.3 Å². The second-order valence-corrected chi connectivity index (χ2v) is 9.09. The minimum Gasteiger partial charge on any atom is -0.366 e. The summed E-state index contributed by atoms with van der Waals surface area (Å²) in [4.78, 5) is 26.2. The Kier molecular flexibility index (Phi) is 5.33. The average Bonchev–Trinajstić information content (AvgIpc) is 3.63. The van der Waals surface area contributed by atoms with Crippen molar-refractivity contribution in [1.29, 1.82) is 0 Å². The first-order valence-electron chi connectivity index (χ1n) is 11.7. The van der Waals surface area contributed by atoms with Crippen molar-refractivity contribution in [2.45, 2.75) is 30.7 Å². The van der Waals surface area contributed by atoms with Gasteiger partial charge in [0.05, 0.1) is 17.4 Å². The Morgan fingerprint density at radius 2 is 1.89 bits per heavy atom. The topological polar surface area (TPSA) is 86.1 Å². The molecule has 0 spiro atoms. The molecule has 5 heterocycles. The van der Waals surface area contributed by atoms with Gasteiger partial charge in [0, 0.05) is 30.4 Å². The fourth-order valence-corrected chi connectivity index (χ4v) is 4.92. The van der Waals surface area contributed by atoms with Crippen molar-refractivity contribution in [2.24, 2.45) is 10.2 Å². The number of hydrogen-bond donors (Lipinski definition) is 1. The number of halogens is 3. The fraction of sp³-hybridized carbons (Fsp3) is 0.269. The molecule has 1 fully saturated rings. The number of alkyl halides is 3. The lowest BCUT2D eigenvalue weighted by Gasteiger charge is -2.35. The molecule has 11 heteroatoms. The predicted molar refractivity (Wildman–Crippen MR) is 131 cm³/mol. The van der Waals surface area contributed by atoms with E-state index in [1.165, 1.54) is 18.3 Å². The van der Waals surface area contributed by atoms with Gasteiger partial charge in [-0.05, 0) is 36.2 Å². The molecule has 1 aromatic carbocycles. The first-order valence-corrected chi connectivity index (χ1v) is 11.7. The highest BCUT2D eigenvalue weighted by Gasteiger charge is 2.49. The first kappa shape index (κ1) is 23.0. The van der Waals surface area contributed by atoms with Crippen molar-refractivity contribution in [3.05, 3.63) is 65.9 Å². The van der Waals surface area contributed by atoms with E-state index in [0.717, 1.165) is 18.7 Å². The van der Waals surface area contributed by atoms with Crippen LogP contribution in [0.25, 0.3) is 11.3 Å². The van der Waals surface area contributed by atoms with Gasteiger partial charge in [0.2, 0.25) is 0 Å². The van der Waals surface area contributed by atoms with E-state index >= 15 is 0 Å². The highest BCUT2D eigenvalue weighted by molar-refractivity contribution is 6.04. The Morgan fingerprint density at radius 3 is 2.54 bits per heavy atom. The summed E-state index contributed by atoms with van der Waals surface area (Å²) in [6.45, 7) is 1.48. The number of terminal acetylenes is 1. The number of pyridine rings is 2. The molecule has 186 valence electrons. The monoisotopic (exact) mass is 503 g/mol. The summed E-state index contributed by atoms with van der Waals surface area (Å²) in [6.07, 6.45) is 2.14. The van der Waals surface area contributed by atoms with Crippen LogP contribution >= 0.6 is 0 Å². The smallest absolute Gasteiger partial charge is 0.366 e. The second kappa shape index (κ2) is 8.58. The third-order valence-electron chi connectivity index (χ3n) is 6.80. The molecule has 1 saturated heterocycles. The van der Waals surface area contributed by atoms with Crippen molar-refractivity contribution in [2.75, 3.05) is 28.2 Å². The number of aromatic nitrogens is 2. The number of rotatable bonds is 4. The molecule has 3 aliphatic rings. The van der Waals surface area contributed by atoms with Gasteiger partial charge in [0.25, 0.3) is 0 Å². The molecule has 0 saturated carbocycles. The van der Waals surface area contributed by atoms with Gasteiger partial charge in [-0.25, -0.2) is 14.8 Å². The number of carbonyl (C=O) groups excluding carboxylic acids is 1. The van der Waals surface area contributed by atoms with Crippen LogP contribution in [0.2, 0.25) is 0 Å². The molecule has 1 N–H and O–H groups in total. The molecular weight excluding hydrogens is 483 g/mol. The zero-order valence-corrected chi connectivity index (χ0v) is 19.4. The molecule has 6 rings (SSSR count). The van der Waals surface area contributed by atoms with Crippen LogP contribution < -0.4 is 15.1 Å². The number of amides is 2. The number of anilines is 3. The number of fused-ring (bicyclic) bond motifs is 4. The van der Waals surface area contributed by atoms with Crippen LogP contribution in [-0.2, 0) is 0 Å². The van der Waals surface area contributed by atoms with Crippen molar-refractivity contribution in [1.82, 2.24) is 9.97 Å². The maximum absolute atomic E-state index is 13.5. The lowest BCUT2D eigenvalue weighted by atomic mass is 9.95. The van der Waals surface area contributed by atoms with Gasteiger partial charge >= 0.3 is 12.2 Å². The van der Waals surface area contributed by atoms with Crippen LogP contribution in [0.5, 0.6) is 0 Å². The largest absolute Gasteiger partial charge is 0.399 e. The Hall–Kier alpha value is -4.46. The van der Waals surface area contributed by atoms with Crippen LogP contribution in [0, 0.1) is 12.3 Å². The fourth-order valence-electron chi connectivity index (χ4n) is 4.92. The van der Waals surface area contributed by atoms with Crippen LogP contribution in [0.3, 0.4) is 0 Å². The van der Waals surface area contributed by atoms with Crippen molar-refractivity contribution in [3.63, 3.8) is 0 Å². The molecule has 37 heavy (non-hydrogen) atoms. The molecule has 2 atom stereocenters. The van der Waals surface area contributed by atoms with E-state index in [0.29, 0.717) is 35.0 Å². The molecular formula is C26H20F3N7O. The van der Waals surface area contributed by atoms with E-state index in [-0.39, 0.29) is 17.6 Å². The van der Waals surface area contributed by atoms with Crippen LogP contribution in [-0.4, -0.2) is 47.5 Å². The summed E-state index contributed by atoms with van der Waals surface area (Å²) in [5, 5.41) is 9.80. The zero-order chi connectivity index (χ0) is 25.7. The first-order chi connectivity index (χ1) is 17.8. The normalized spacial score (nSPS) is 18.8. The molecule has 2 amide bonds. The Balaban J connectivity index is 1.30. The number of benzene rings is 1. The Bertz CT molecular complexity index is 1420. The van der Waals surface area contributed by atoms with E-state index in [1.54, 1.807) is 29.2 Å². The lowest BCUT2D eigenvalue weighted by molar-refractivity contribution is -0.151. The van der Waals surface area contributed by atoms with Crippen LogP contribution in [0.15, 0.2) is 65.0 Å². The summed E-state index contributed by atoms with van der Waals surface area (Å²) < 4.78 is 40.5. The summed E-state index contributed by atoms with van der Waals surface area (Å²) >= 11 is 0. The number of urea groups is 1. The molecule has 2 bridgehead atoms. The predicted octanol–water partition coefficient (Wildman–Crippen LogP) is 5.19. The molecule has 1 unspecified atom stereocenters. The standard InChI is InChI=1S/C26H20F3N7O/c1-2-15-3-10-21(30-13-15)32-25(37)36-18-11-12-35(14-18)20-9-8-19(31-24(20)36)16-4-6-17(7-5-16)22(23-33-34-23)26(27,28)29/h1,3-10,13,18,22-23H,11-12,14H2,(H,30,32,37)/t18-,22?/m0/s1. The maximum Gasteiger partial charge on any atom is 0.399 e. The van der Waals surface area contributed by atoms with Gasteiger partial charge in [-0.1, -0.05) is 30.2 Å². The zero-order valence-electron chi connectivity index (χ0n) is 19.4. The summed E-state index contributed by atoms with van der Waals surface area (Å²) in [5.41, 5.74) is 2.71. The van der Waals surface area contributed by atoms with Gasteiger partial charge < -0.3 is 4.90 Å². The third-order valence-corrected chi connectivity index (χ3v) is 6.80. The number of nitrogens with zero attached hydrogens (tertiary/aromatic N) is 6. The average molecular weight is 503 g/mol. The van der Waals surface area contributed by atoms with E-state index in [2.05, 4.69) is 31.3 Å².